The average Bonchev–Trinajstić information content (AvgIpc) is 3.05. The van der Waals surface area contributed by atoms with E-state index in [0.29, 0.717) is 12.3 Å². The lowest BCUT2D eigenvalue weighted by atomic mass is 10.2. The number of hydrogen-bond donors (Lipinski definition) is 2. The summed E-state index contributed by atoms with van der Waals surface area (Å²) >= 11 is 1.55. The van der Waals surface area contributed by atoms with Crippen LogP contribution in [0.15, 0.2) is 0 Å². The number of rotatable bonds is 5. The summed E-state index contributed by atoms with van der Waals surface area (Å²) in [4.78, 5) is 24.7. The van der Waals surface area contributed by atoms with E-state index in [2.05, 4.69) is 5.32 Å². The van der Waals surface area contributed by atoms with Crippen LogP contribution in [0.2, 0.25) is 0 Å². The van der Waals surface area contributed by atoms with Crippen molar-refractivity contribution in [2.75, 3.05) is 12.3 Å². The highest BCUT2D eigenvalue weighted by Gasteiger charge is 2.40. The lowest BCUT2D eigenvalue weighted by molar-refractivity contribution is -0.141. The molecule has 1 aliphatic carbocycles. The van der Waals surface area contributed by atoms with Crippen LogP contribution in [0.4, 0.5) is 4.79 Å². The SMILES string of the molecule is CCC1SCC(C(=O)O)N1C(=O)NCCC1CC1. The first kappa shape index (κ1) is 13.5. The van der Waals surface area contributed by atoms with E-state index in [1.165, 1.54) is 17.7 Å². The summed E-state index contributed by atoms with van der Waals surface area (Å²) in [5.74, 6) is 0.357. The highest BCUT2D eigenvalue weighted by atomic mass is 32.2. The molecule has 2 fully saturated rings. The highest BCUT2D eigenvalue weighted by molar-refractivity contribution is 8.00. The molecular weight excluding hydrogens is 252 g/mol. The molecule has 2 atom stereocenters. The van der Waals surface area contributed by atoms with Crippen LogP contribution in [0.25, 0.3) is 0 Å². The number of nitrogens with one attached hydrogen (secondary N) is 1. The number of nitrogens with zero attached hydrogens (tertiary/aromatic N) is 1. The molecule has 6 heteroatoms. The van der Waals surface area contributed by atoms with E-state index in [0.717, 1.165) is 18.8 Å². The van der Waals surface area contributed by atoms with Crippen LogP contribution < -0.4 is 5.32 Å². The Morgan fingerprint density at radius 2 is 2.17 bits per heavy atom. The summed E-state index contributed by atoms with van der Waals surface area (Å²) < 4.78 is 0. The predicted octanol–water partition coefficient (Wildman–Crippen LogP) is 1.73. The van der Waals surface area contributed by atoms with E-state index >= 15 is 0 Å². The molecule has 5 nitrogen and oxygen atoms in total. The topological polar surface area (TPSA) is 69.6 Å². The molecule has 0 aromatic heterocycles. The van der Waals surface area contributed by atoms with Crippen molar-refractivity contribution >= 4 is 23.8 Å². The van der Waals surface area contributed by atoms with Gasteiger partial charge in [0.15, 0.2) is 0 Å². The van der Waals surface area contributed by atoms with E-state index in [4.69, 9.17) is 5.11 Å². The van der Waals surface area contributed by atoms with Crippen molar-refractivity contribution in [1.82, 2.24) is 10.2 Å². The molecule has 1 heterocycles. The van der Waals surface area contributed by atoms with Gasteiger partial charge in [-0.1, -0.05) is 19.8 Å². The Morgan fingerprint density at radius 3 is 2.72 bits per heavy atom. The number of carboxylic acid groups (broad SMARTS) is 1. The van der Waals surface area contributed by atoms with Crippen molar-refractivity contribution in [3.05, 3.63) is 0 Å². The lowest BCUT2D eigenvalue weighted by Crippen LogP contribution is -2.50. The maximum Gasteiger partial charge on any atom is 0.327 e. The van der Waals surface area contributed by atoms with Gasteiger partial charge in [-0.05, 0) is 18.8 Å². The largest absolute Gasteiger partial charge is 0.480 e. The van der Waals surface area contributed by atoms with Crippen molar-refractivity contribution < 1.29 is 14.7 Å². The Kier molecular flexibility index (Phi) is 4.37. The van der Waals surface area contributed by atoms with Gasteiger partial charge in [-0.15, -0.1) is 11.8 Å². The van der Waals surface area contributed by atoms with Gasteiger partial charge >= 0.3 is 12.0 Å². The number of carbonyl (C=O) groups excluding carboxylic acids is 1. The second kappa shape index (κ2) is 5.82. The van der Waals surface area contributed by atoms with Crippen molar-refractivity contribution in [2.45, 2.75) is 44.0 Å². The maximum absolute atomic E-state index is 12.1. The molecule has 0 spiro atoms. The monoisotopic (exact) mass is 272 g/mol. The zero-order valence-corrected chi connectivity index (χ0v) is 11.4. The Bertz CT molecular complexity index is 333. The quantitative estimate of drug-likeness (QED) is 0.799. The van der Waals surface area contributed by atoms with Crippen molar-refractivity contribution in [3.63, 3.8) is 0 Å². The molecule has 18 heavy (non-hydrogen) atoms. The van der Waals surface area contributed by atoms with Gasteiger partial charge < -0.3 is 10.4 Å². The zero-order chi connectivity index (χ0) is 13.1. The summed E-state index contributed by atoms with van der Waals surface area (Å²) in [5.41, 5.74) is 0. The minimum atomic E-state index is -0.907. The van der Waals surface area contributed by atoms with Gasteiger partial charge in [-0.2, -0.15) is 0 Å². The molecule has 2 rings (SSSR count). The average molecular weight is 272 g/mol. The Hall–Kier alpha value is -0.910. The minimum absolute atomic E-state index is 0.00738. The van der Waals surface area contributed by atoms with Crippen molar-refractivity contribution in [1.29, 1.82) is 0 Å². The lowest BCUT2D eigenvalue weighted by Gasteiger charge is -2.26. The number of hydrogen-bond acceptors (Lipinski definition) is 3. The van der Waals surface area contributed by atoms with E-state index in [-0.39, 0.29) is 11.4 Å². The molecule has 0 radical (unpaired) electrons. The van der Waals surface area contributed by atoms with Crippen LogP contribution in [0.3, 0.4) is 0 Å². The van der Waals surface area contributed by atoms with Gasteiger partial charge in [0.2, 0.25) is 0 Å². The van der Waals surface area contributed by atoms with Crippen molar-refractivity contribution in [2.24, 2.45) is 5.92 Å². The highest BCUT2D eigenvalue weighted by Crippen LogP contribution is 2.33. The summed E-state index contributed by atoms with van der Waals surface area (Å²) in [6.07, 6.45) is 4.33. The molecule has 0 aromatic rings. The molecular formula is C12H20N2O3S. The fourth-order valence-electron chi connectivity index (χ4n) is 2.22. The third-order valence-corrected chi connectivity index (χ3v) is 4.94. The summed E-state index contributed by atoms with van der Waals surface area (Å²) in [7, 11) is 0. The number of amides is 2. The third-order valence-electron chi connectivity index (χ3n) is 3.49. The predicted molar refractivity (Wildman–Crippen MR) is 70.5 cm³/mol. The summed E-state index contributed by atoms with van der Waals surface area (Å²) in [6.45, 7) is 2.64. The van der Waals surface area contributed by atoms with Gasteiger partial charge in [-0.25, -0.2) is 9.59 Å². The molecule has 2 N–H and O–H groups in total. The molecule has 2 amide bonds. The molecule has 0 bridgehead atoms. The number of carbonyl (C=O) groups is 2. The normalized spacial score (nSPS) is 27.3. The zero-order valence-electron chi connectivity index (χ0n) is 10.6. The van der Waals surface area contributed by atoms with Gasteiger partial charge in [0.25, 0.3) is 0 Å². The van der Waals surface area contributed by atoms with Gasteiger partial charge in [0.1, 0.15) is 6.04 Å². The van der Waals surface area contributed by atoms with Crippen LogP contribution >= 0.6 is 11.8 Å². The molecule has 0 aromatic carbocycles. The van der Waals surface area contributed by atoms with Crippen LogP contribution in [-0.4, -0.2) is 45.7 Å². The van der Waals surface area contributed by atoms with Gasteiger partial charge in [0, 0.05) is 12.3 Å². The Labute approximate surface area is 111 Å². The number of urea groups is 1. The van der Waals surface area contributed by atoms with E-state index in [1.54, 1.807) is 11.8 Å². The fourth-order valence-corrected chi connectivity index (χ4v) is 3.57. The van der Waals surface area contributed by atoms with Crippen molar-refractivity contribution in [3.8, 4) is 0 Å². The van der Waals surface area contributed by atoms with E-state index in [1.807, 2.05) is 6.92 Å². The molecule has 102 valence electrons. The van der Waals surface area contributed by atoms with Gasteiger partial charge in [-0.3, -0.25) is 4.90 Å². The van der Waals surface area contributed by atoms with Crippen LogP contribution in [0.1, 0.15) is 32.6 Å². The van der Waals surface area contributed by atoms with Crippen LogP contribution in [-0.2, 0) is 4.79 Å². The van der Waals surface area contributed by atoms with Crippen LogP contribution in [0.5, 0.6) is 0 Å². The summed E-state index contributed by atoms with van der Waals surface area (Å²) in [6, 6.07) is -0.902. The second-order valence-electron chi connectivity index (χ2n) is 4.92. The van der Waals surface area contributed by atoms with Gasteiger partial charge in [0.05, 0.1) is 5.37 Å². The molecule has 2 unspecified atom stereocenters. The van der Waals surface area contributed by atoms with Crippen LogP contribution in [0, 0.1) is 5.92 Å². The fraction of sp³-hybridized carbons (Fsp3) is 0.833. The van der Waals surface area contributed by atoms with E-state index in [9.17, 15) is 9.59 Å². The molecule has 2 aliphatic rings. The minimum Gasteiger partial charge on any atom is -0.480 e. The number of thioether (sulfide) groups is 1. The molecule has 1 saturated carbocycles. The molecule has 1 saturated heterocycles. The Balaban J connectivity index is 1.88. The number of aliphatic carboxylic acids is 1. The first-order chi connectivity index (χ1) is 8.63. The molecule has 1 aliphatic heterocycles. The number of carboxylic acids is 1. The maximum atomic E-state index is 12.1. The Morgan fingerprint density at radius 1 is 1.44 bits per heavy atom. The standard InChI is InChI=1S/C12H20N2O3S/c1-2-10-14(9(7-18-10)11(15)16)12(17)13-6-5-8-3-4-8/h8-10H,2-7H2,1H3,(H,13,17)(H,15,16). The first-order valence-electron chi connectivity index (χ1n) is 6.54. The second-order valence-corrected chi connectivity index (χ2v) is 6.13. The van der Waals surface area contributed by atoms with E-state index < -0.39 is 12.0 Å². The third kappa shape index (κ3) is 3.10. The summed E-state index contributed by atoms with van der Waals surface area (Å²) in [5, 5.41) is 12.0. The smallest absolute Gasteiger partial charge is 0.327 e. The first-order valence-corrected chi connectivity index (χ1v) is 7.59.